The topological polar surface area (TPSA) is 102 Å². The number of aliphatic hydroxyl groups excluding tert-OH is 1. The van der Waals surface area contributed by atoms with Gasteiger partial charge in [0.2, 0.25) is 0 Å². The van der Waals surface area contributed by atoms with E-state index in [0.717, 1.165) is 17.5 Å². The molecule has 0 aliphatic carbocycles. The lowest BCUT2D eigenvalue weighted by Crippen LogP contribution is -2.34. The molecule has 1 fully saturated rings. The average molecular weight is 458 g/mol. The zero-order valence-corrected chi connectivity index (χ0v) is 17.8. The van der Waals surface area contributed by atoms with Crippen molar-refractivity contribution < 1.29 is 23.0 Å². The molecule has 0 spiro atoms. The first-order valence-electron chi connectivity index (χ1n) is 10.4. The summed E-state index contributed by atoms with van der Waals surface area (Å²) < 4.78 is 47.8. The predicted octanol–water partition coefficient (Wildman–Crippen LogP) is 3.60. The summed E-state index contributed by atoms with van der Waals surface area (Å²) in [7, 11) is 1.87. The molecule has 0 saturated carbocycles. The number of aromatic nitrogens is 6. The second kappa shape index (κ2) is 7.92. The minimum atomic E-state index is -4.66. The minimum absolute atomic E-state index is 0.0863. The van der Waals surface area contributed by atoms with E-state index in [2.05, 4.69) is 25.4 Å². The number of H-pyrrole nitrogens is 1. The Morgan fingerprint density at radius 2 is 2.03 bits per heavy atom. The molecule has 1 aliphatic rings. The summed E-state index contributed by atoms with van der Waals surface area (Å²) in [4.78, 5) is 3.63. The number of nitrogens with one attached hydrogen (secondary N) is 1. The fourth-order valence-electron chi connectivity index (χ4n) is 4.24. The lowest BCUT2D eigenvalue weighted by Gasteiger charge is -2.33. The van der Waals surface area contributed by atoms with Gasteiger partial charge in [-0.1, -0.05) is 18.2 Å². The number of rotatable bonds is 5. The Morgan fingerprint density at radius 3 is 2.64 bits per heavy atom. The Hall–Kier alpha value is -3.31. The summed E-state index contributed by atoms with van der Waals surface area (Å²) in [6.45, 7) is 2.55. The van der Waals surface area contributed by atoms with Crippen molar-refractivity contribution in [1.29, 1.82) is 0 Å². The van der Waals surface area contributed by atoms with Gasteiger partial charge in [-0.05, 0) is 24.6 Å². The molecular weight excluding hydrogens is 437 g/mol. The van der Waals surface area contributed by atoms with E-state index in [1.165, 1.54) is 6.92 Å². The highest BCUT2D eigenvalue weighted by Gasteiger charge is 2.36. The van der Waals surface area contributed by atoms with Crippen LogP contribution in [0.1, 0.15) is 41.7 Å². The molecule has 8 nitrogen and oxygen atoms in total. The number of aliphatic hydroxyl groups is 1. The average Bonchev–Trinajstić information content (AvgIpc) is 3.35. The second-order valence-corrected chi connectivity index (χ2v) is 8.26. The number of pyridine rings is 1. The van der Waals surface area contributed by atoms with E-state index >= 15 is 0 Å². The molecular formula is C22H21F3N6O2. The normalized spacial score (nSPS) is 16.7. The Kier molecular flexibility index (Phi) is 5.17. The summed E-state index contributed by atoms with van der Waals surface area (Å²) in [6, 6.07) is 8.46. The van der Waals surface area contributed by atoms with Gasteiger partial charge in [-0.25, -0.2) is 4.98 Å². The highest BCUT2D eigenvalue weighted by molar-refractivity contribution is 5.94. The molecule has 1 aliphatic heterocycles. The van der Waals surface area contributed by atoms with Gasteiger partial charge >= 0.3 is 6.18 Å². The van der Waals surface area contributed by atoms with Crippen molar-refractivity contribution >= 4 is 10.9 Å². The molecule has 1 saturated heterocycles. The number of benzene rings is 1. The van der Waals surface area contributed by atoms with Crippen molar-refractivity contribution in [2.24, 2.45) is 13.0 Å². The maximum atomic E-state index is 13.5. The lowest BCUT2D eigenvalue weighted by molar-refractivity contribution is -0.141. The third-order valence-corrected chi connectivity index (χ3v) is 5.95. The number of alkyl halides is 3. The van der Waals surface area contributed by atoms with E-state index in [1.54, 1.807) is 12.4 Å². The minimum Gasteiger partial charge on any atom is -0.387 e. The maximum absolute atomic E-state index is 13.5. The van der Waals surface area contributed by atoms with Crippen molar-refractivity contribution in [1.82, 2.24) is 29.9 Å². The van der Waals surface area contributed by atoms with Crippen molar-refractivity contribution in [2.45, 2.75) is 25.1 Å². The van der Waals surface area contributed by atoms with Gasteiger partial charge in [0.1, 0.15) is 23.5 Å². The fraction of sp³-hybridized carbons (Fsp3) is 0.364. The predicted molar refractivity (Wildman–Crippen MR) is 112 cm³/mol. The lowest BCUT2D eigenvalue weighted by atomic mass is 9.83. The maximum Gasteiger partial charge on any atom is 0.433 e. The molecule has 33 heavy (non-hydrogen) atoms. The zero-order chi connectivity index (χ0) is 23.3. The van der Waals surface area contributed by atoms with Crippen molar-refractivity contribution in [3.63, 3.8) is 0 Å². The molecule has 0 radical (unpaired) electrons. The van der Waals surface area contributed by atoms with Crippen molar-refractivity contribution in [2.75, 3.05) is 13.2 Å². The van der Waals surface area contributed by atoms with E-state index in [-0.39, 0.29) is 28.4 Å². The molecule has 172 valence electrons. The van der Waals surface area contributed by atoms with Gasteiger partial charge in [0.15, 0.2) is 0 Å². The molecule has 2 atom stereocenters. The van der Waals surface area contributed by atoms with Crippen LogP contribution in [0.5, 0.6) is 0 Å². The van der Waals surface area contributed by atoms with Gasteiger partial charge in [-0.3, -0.25) is 5.10 Å². The van der Waals surface area contributed by atoms with Crippen molar-refractivity contribution in [3.8, 4) is 11.3 Å². The van der Waals surface area contributed by atoms with E-state index in [0.29, 0.717) is 24.5 Å². The van der Waals surface area contributed by atoms with Crippen LogP contribution in [0.15, 0.2) is 36.7 Å². The Labute approximate surface area is 186 Å². The Morgan fingerprint density at radius 1 is 1.24 bits per heavy atom. The third-order valence-electron chi connectivity index (χ3n) is 5.95. The van der Waals surface area contributed by atoms with Crippen LogP contribution in [-0.2, 0) is 18.0 Å². The summed E-state index contributed by atoms with van der Waals surface area (Å²) in [6.07, 6.45) is -4.22. The van der Waals surface area contributed by atoms with Gasteiger partial charge in [-0.2, -0.15) is 18.3 Å². The first-order valence-corrected chi connectivity index (χ1v) is 10.4. The van der Waals surface area contributed by atoms with Crippen LogP contribution >= 0.6 is 0 Å². The quantitative estimate of drug-likeness (QED) is 0.474. The molecule has 4 heterocycles. The smallest absolute Gasteiger partial charge is 0.387 e. The van der Waals surface area contributed by atoms with Crippen LogP contribution in [0, 0.1) is 5.92 Å². The van der Waals surface area contributed by atoms with E-state index in [1.807, 2.05) is 29.8 Å². The first kappa shape index (κ1) is 21.5. The number of ether oxygens (including phenoxy) is 1. The molecule has 1 aromatic carbocycles. The number of fused-ring (bicyclic) bond motifs is 1. The third kappa shape index (κ3) is 3.76. The summed E-state index contributed by atoms with van der Waals surface area (Å²) in [5.41, 5.74) is 1.03. The molecule has 0 amide bonds. The summed E-state index contributed by atoms with van der Waals surface area (Å²) in [5, 5.41) is 25.6. The van der Waals surface area contributed by atoms with Crippen LogP contribution in [0.25, 0.3) is 22.2 Å². The number of aromatic amines is 1. The number of aryl methyl sites for hydroxylation is 1. The number of nitrogens with zero attached hydrogens (tertiary/aromatic N) is 5. The van der Waals surface area contributed by atoms with Crippen LogP contribution in [0.4, 0.5) is 13.2 Å². The van der Waals surface area contributed by atoms with Crippen LogP contribution in [0.3, 0.4) is 0 Å². The number of hydrogen-bond acceptors (Lipinski definition) is 6. The van der Waals surface area contributed by atoms with Crippen LogP contribution in [-0.4, -0.2) is 48.3 Å². The number of hydrogen-bond donors (Lipinski definition) is 2. The second-order valence-electron chi connectivity index (χ2n) is 8.26. The van der Waals surface area contributed by atoms with Crippen molar-refractivity contribution in [3.05, 3.63) is 59.4 Å². The zero-order valence-electron chi connectivity index (χ0n) is 17.8. The molecule has 11 heteroatoms. The standard InChI is InChI=1S/C22H21F3N6O2/c1-11(32)18-20-15(7-16(27-18)22(23,24)25)19(28-29-20)13-5-3-4-12(6-13)17(14-8-33-9-14)21-30-26-10-31(21)2/h3-7,10-11,14,17,32H,8-9H2,1-2H3,(H,28,29). The van der Waals surface area contributed by atoms with Gasteiger partial charge in [-0.15, -0.1) is 10.2 Å². The first-order chi connectivity index (χ1) is 15.7. The molecule has 3 aromatic heterocycles. The molecule has 2 unspecified atom stereocenters. The molecule has 0 bridgehead atoms. The van der Waals surface area contributed by atoms with Gasteiger partial charge in [0.25, 0.3) is 0 Å². The highest BCUT2D eigenvalue weighted by Crippen LogP contribution is 2.39. The number of halogens is 3. The van der Waals surface area contributed by atoms with E-state index in [9.17, 15) is 18.3 Å². The molecule has 2 N–H and O–H groups in total. The summed E-state index contributed by atoms with van der Waals surface area (Å²) in [5.74, 6) is 0.908. The van der Waals surface area contributed by atoms with E-state index in [4.69, 9.17) is 4.74 Å². The molecule has 5 rings (SSSR count). The largest absolute Gasteiger partial charge is 0.433 e. The fourth-order valence-corrected chi connectivity index (χ4v) is 4.24. The highest BCUT2D eigenvalue weighted by atomic mass is 19.4. The van der Waals surface area contributed by atoms with Gasteiger partial charge in [0, 0.05) is 23.9 Å². The van der Waals surface area contributed by atoms with Crippen LogP contribution < -0.4 is 0 Å². The van der Waals surface area contributed by atoms with Gasteiger partial charge in [0.05, 0.1) is 36.4 Å². The SMILES string of the molecule is CC(O)c1nc(C(F)(F)F)cc2c(-c3cccc(C(c4nncn4C)C4COC4)c3)n[nH]c12. The Bertz CT molecular complexity index is 1310. The monoisotopic (exact) mass is 458 g/mol. The Balaban J connectivity index is 1.65. The van der Waals surface area contributed by atoms with E-state index < -0.39 is 18.0 Å². The molecule has 4 aromatic rings. The van der Waals surface area contributed by atoms with Crippen LogP contribution in [0.2, 0.25) is 0 Å². The summed E-state index contributed by atoms with van der Waals surface area (Å²) >= 11 is 0. The van der Waals surface area contributed by atoms with Gasteiger partial charge < -0.3 is 14.4 Å².